The highest BCUT2D eigenvalue weighted by atomic mass is 32.1. The lowest BCUT2D eigenvalue weighted by molar-refractivity contribution is 0.135. The predicted octanol–water partition coefficient (Wildman–Crippen LogP) is 10.4. The van der Waals surface area contributed by atoms with Gasteiger partial charge < -0.3 is 0 Å². The Morgan fingerprint density at radius 2 is 1.06 bits per heavy atom. The molecule has 3 heteroatoms. The first-order valence-corrected chi connectivity index (χ1v) is 20.9. The van der Waals surface area contributed by atoms with Gasteiger partial charge in [-0.1, -0.05) is 140 Å². The molecule has 0 saturated heterocycles. The molecule has 0 nitrogen and oxygen atoms in total. The molecule has 4 unspecified atom stereocenters. The molecule has 1 aromatic heterocycles. The molecule has 2 fully saturated rings. The molecule has 5 aromatic rings. The number of rotatable bonds is 7. The van der Waals surface area contributed by atoms with Crippen LogP contribution in [0.1, 0.15) is 77.1 Å². The monoisotopic (exact) mass is 672 g/mol. The van der Waals surface area contributed by atoms with Crippen LogP contribution in [0.2, 0.25) is 0 Å². The Morgan fingerprint density at radius 1 is 0.596 bits per heavy atom. The summed E-state index contributed by atoms with van der Waals surface area (Å²) in [6.07, 6.45) is 2.65. The average Bonchev–Trinajstić information content (AvgIpc) is 3.49. The standard InChI is InChI=1S/C44H50P2S/c1-28-22-29(2)25-36(24-28)46(37-26-30(3)23-31(4)27-37)42-38-20-21-44(9,43(38,7)8)40(42)39-32(5)47-33(6)41(39)45(34-16-12-10-13-17-34)35-18-14-11-15-19-35/h10-19,22-27,38,40,42H,20-21H2,1-9H3. The summed E-state index contributed by atoms with van der Waals surface area (Å²) in [6.45, 7) is 22.0. The van der Waals surface area contributed by atoms with E-state index in [2.05, 4.69) is 171 Å². The zero-order chi connectivity index (χ0) is 33.2. The first kappa shape index (κ1) is 33.0. The highest BCUT2D eigenvalue weighted by molar-refractivity contribution is 7.80. The van der Waals surface area contributed by atoms with Crippen LogP contribution in [0.4, 0.5) is 0 Å². The SMILES string of the molecule is Cc1cc(C)cc(P(c2cc(C)cc(C)c2)C2C3CCC(C)(C2c2c(C)sc(C)c2P(c2ccccc2)c2ccccc2)C3(C)C)c1. The van der Waals surface area contributed by atoms with E-state index >= 15 is 0 Å². The van der Waals surface area contributed by atoms with Gasteiger partial charge in [-0.3, -0.25) is 0 Å². The molecular formula is C44H50P2S. The first-order valence-electron chi connectivity index (χ1n) is 17.4. The van der Waals surface area contributed by atoms with Crippen LogP contribution < -0.4 is 26.5 Å². The molecule has 0 radical (unpaired) electrons. The van der Waals surface area contributed by atoms with E-state index in [1.807, 2.05) is 0 Å². The number of thiophene rings is 1. The molecule has 2 saturated carbocycles. The van der Waals surface area contributed by atoms with Crippen molar-refractivity contribution in [2.75, 3.05) is 0 Å². The molecule has 2 aliphatic carbocycles. The second-order valence-corrected chi connectivity index (χ2v) is 21.2. The number of benzene rings is 4. The van der Waals surface area contributed by atoms with E-state index in [4.69, 9.17) is 0 Å². The van der Waals surface area contributed by atoms with Crippen molar-refractivity contribution in [2.45, 2.75) is 86.7 Å². The maximum atomic E-state index is 2.69. The summed E-state index contributed by atoms with van der Waals surface area (Å²) in [6, 6.07) is 37.8. The first-order chi connectivity index (χ1) is 22.4. The minimum atomic E-state index is -0.695. The van der Waals surface area contributed by atoms with Crippen molar-refractivity contribution in [1.82, 2.24) is 0 Å². The molecule has 242 valence electrons. The topological polar surface area (TPSA) is 0 Å². The van der Waals surface area contributed by atoms with Crippen molar-refractivity contribution in [1.29, 1.82) is 0 Å². The molecule has 1 heterocycles. The summed E-state index contributed by atoms with van der Waals surface area (Å²) < 4.78 is 0. The third-order valence-corrected chi connectivity index (χ3v) is 18.6. The fraction of sp³-hybridized carbons (Fsp3) is 0.364. The molecule has 2 aliphatic rings. The van der Waals surface area contributed by atoms with Crippen molar-refractivity contribution in [3.63, 3.8) is 0 Å². The zero-order valence-corrected chi connectivity index (χ0v) is 32.3. The van der Waals surface area contributed by atoms with Gasteiger partial charge in [0, 0.05) is 15.1 Å². The maximum Gasteiger partial charge on any atom is 0.0103 e. The van der Waals surface area contributed by atoms with Crippen molar-refractivity contribution in [2.24, 2.45) is 16.7 Å². The van der Waals surface area contributed by atoms with Gasteiger partial charge in [0.1, 0.15) is 0 Å². The lowest BCUT2D eigenvalue weighted by Gasteiger charge is -2.44. The van der Waals surface area contributed by atoms with Crippen LogP contribution in [0.5, 0.6) is 0 Å². The molecule has 47 heavy (non-hydrogen) atoms. The van der Waals surface area contributed by atoms with Gasteiger partial charge in [0.05, 0.1) is 0 Å². The van der Waals surface area contributed by atoms with Gasteiger partial charge in [0.25, 0.3) is 0 Å². The molecule has 0 amide bonds. The maximum absolute atomic E-state index is 2.69. The molecule has 2 bridgehead atoms. The van der Waals surface area contributed by atoms with Crippen LogP contribution in [-0.4, -0.2) is 5.66 Å². The second-order valence-electron chi connectivity index (χ2n) is 15.3. The highest BCUT2D eigenvalue weighted by Crippen LogP contribution is 2.77. The normalized spacial score (nSPS) is 23.3. The van der Waals surface area contributed by atoms with Crippen LogP contribution in [0, 0.1) is 58.3 Å². The molecule has 0 spiro atoms. The number of aryl methyl sites for hydroxylation is 6. The Balaban J connectivity index is 1.53. The summed E-state index contributed by atoms with van der Waals surface area (Å²) in [5, 5.41) is 7.72. The minimum absolute atomic E-state index is 0.224. The smallest absolute Gasteiger partial charge is 0.0103 e. The lowest BCUT2D eigenvalue weighted by Crippen LogP contribution is -2.38. The van der Waals surface area contributed by atoms with E-state index in [0.29, 0.717) is 17.5 Å². The van der Waals surface area contributed by atoms with Crippen molar-refractivity contribution in [3.05, 3.63) is 135 Å². The molecule has 7 rings (SSSR count). The molecular weight excluding hydrogens is 622 g/mol. The molecule has 4 aromatic carbocycles. The summed E-state index contributed by atoms with van der Waals surface area (Å²) in [7, 11) is -1.31. The lowest BCUT2D eigenvalue weighted by atomic mass is 9.65. The summed E-state index contributed by atoms with van der Waals surface area (Å²) >= 11 is 2.07. The molecule has 4 atom stereocenters. The fourth-order valence-corrected chi connectivity index (χ4v) is 17.8. The van der Waals surface area contributed by atoms with Crippen LogP contribution in [0.15, 0.2) is 97.1 Å². The molecule has 0 N–H and O–H groups in total. The van der Waals surface area contributed by atoms with Gasteiger partial charge in [-0.25, -0.2) is 0 Å². The summed E-state index contributed by atoms with van der Waals surface area (Å²) in [5.74, 6) is 1.18. The second kappa shape index (κ2) is 12.4. The third kappa shape index (κ3) is 5.50. The Kier molecular flexibility index (Phi) is 8.69. The predicted molar refractivity (Wildman–Crippen MR) is 212 cm³/mol. The zero-order valence-electron chi connectivity index (χ0n) is 29.7. The highest BCUT2D eigenvalue weighted by Gasteiger charge is 2.68. The van der Waals surface area contributed by atoms with E-state index in [1.54, 1.807) is 26.4 Å². The van der Waals surface area contributed by atoms with E-state index < -0.39 is 15.8 Å². The van der Waals surface area contributed by atoms with Crippen LogP contribution >= 0.6 is 27.2 Å². The quantitative estimate of drug-likeness (QED) is 0.151. The summed E-state index contributed by atoms with van der Waals surface area (Å²) in [4.78, 5) is 3.06. The van der Waals surface area contributed by atoms with Gasteiger partial charge >= 0.3 is 0 Å². The number of hydrogen-bond donors (Lipinski definition) is 0. The fourth-order valence-electron chi connectivity index (χ4n) is 9.71. The molecule has 0 aliphatic heterocycles. The van der Waals surface area contributed by atoms with Crippen LogP contribution in [0.25, 0.3) is 0 Å². The van der Waals surface area contributed by atoms with Crippen LogP contribution in [0.3, 0.4) is 0 Å². The van der Waals surface area contributed by atoms with Crippen molar-refractivity contribution >= 4 is 53.7 Å². The van der Waals surface area contributed by atoms with Crippen molar-refractivity contribution < 1.29 is 0 Å². The Bertz CT molecular complexity index is 1790. The van der Waals surface area contributed by atoms with Gasteiger partial charge in [0.2, 0.25) is 0 Å². The third-order valence-electron chi connectivity index (χ3n) is 11.9. The van der Waals surface area contributed by atoms with E-state index in [9.17, 15) is 0 Å². The minimum Gasteiger partial charge on any atom is -0.145 e. The van der Waals surface area contributed by atoms with E-state index in [-0.39, 0.29) is 10.8 Å². The van der Waals surface area contributed by atoms with Gasteiger partial charge in [-0.2, -0.15) is 0 Å². The Hall–Kier alpha value is -2.56. The van der Waals surface area contributed by atoms with E-state index in [0.717, 1.165) is 0 Å². The Labute approximate surface area is 290 Å². The summed E-state index contributed by atoms with van der Waals surface area (Å²) in [5.41, 5.74) is 8.32. The van der Waals surface area contributed by atoms with Gasteiger partial charge in [-0.15, -0.1) is 11.3 Å². The van der Waals surface area contributed by atoms with Crippen LogP contribution in [-0.2, 0) is 0 Å². The number of hydrogen-bond acceptors (Lipinski definition) is 1. The Morgan fingerprint density at radius 3 is 1.53 bits per heavy atom. The van der Waals surface area contributed by atoms with Gasteiger partial charge in [-0.05, 0) is 125 Å². The number of fused-ring (bicyclic) bond motifs is 2. The average molecular weight is 673 g/mol. The van der Waals surface area contributed by atoms with Gasteiger partial charge in [0.15, 0.2) is 0 Å². The van der Waals surface area contributed by atoms with E-state index in [1.165, 1.54) is 50.6 Å². The van der Waals surface area contributed by atoms with Crippen molar-refractivity contribution in [3.8, 4) is 0 Å². The largest absolute Gasteiger partial charge is 0.145 e.